The third kappa shape index (κ3) is 3.81. The minimum Gasteiger partial charge on any atom is -0.385 e. The van der Waals surface area contributed by atoms with E-state index in [9.17, 15) is 0 Å². The molecule has 1 aromatic carbocycles. The van der Waals surface area contributed by atoms with Crippen LogP contribution in [-0.4, -0.2) is 18.1 Å². The summed E-state index contributed by atoms with van der Waals surface area (Å²) in [5.41, 5.74) is 3.00. The molecule has 0 amide bonds. The first-order valence-electron chi connectivity index (χ1n) is 7.63. The predicted octanol–water partition coefficient (Wildman–Crippen LogP) is 4.04. The molecule has 2 N–H and O–H groups in total. The average Bonchev–Trinajstić information content (AvgIpc) is 3.28. The molecular weight excluding hydrogens is 258 g/mol. The first-order valence-corrected chi connectivity index (χ1v) is 7.63. The van der Waals surface area contributed by atoms with Crippen LogP contribution in [0, 0.1) is 5.41 Å². The maximum Gasteiger partial charge on any atom is 0.151 e. The van der Waals surface area contributed by atoms with Gasteiger partial charge in [-0.15, -0.1) is 0 Å². The number of hydrogen-bond acceptors (Lipinski definition) is 2. The van der Waals surface area contributed by atoms with E-state index in [0.29, 0.717) is 11.9 Å². The fourth-order valence-electron chi connectivity index (χ4n) is 2.13. The molecule has 1 saturated carbocycles. The van der Waals surface area contributed by atoms with Crippen molar-refractivity contribution >= 4 is 12.1 Å². The van der Waals surface area contributed by atoms with Gasteiger partial charge in [-0.2, -0.15) is 0 Å². The minimum atomic E-state index is -0.115. The van der Waals surface area contributed by atoms with E-state index in [1.807, 2.05) is 19.1 Å². The van der Waals surface area contributed by atoms with Crippen LogP contribution in [0.25, 0.3) is 0 Å². The predicted molar refractivity (Wildman–Crippen MR) is 90.4 cm³/mol. The molecule has 3 heteroatoms. The Hall–Kier alpha value is -1.90. The van der Waals surface area contributed by atoms with Crippen molar-refractivity contribution in [2.75, 3.05) is 0 Å². The van der Waals surface area contributed by atoms with Crippen LogP contribution in [0.1, 0.15) is 51.2 Å². The van der Waals surface area contributed by atoms with E-state index in [2.05, 4.69) is 42.9 Å². The van der Waals surface area contributed by atoms with Gasteiger partial charge in [0.25, 0.3) is 0 Å². The van der Waals surface area contributed by atoms with Gasteiger partial charge in [0.1, 0.15) is 0 Å². The monoisotopic (exact) mass is 283 g/mol. The molecule has 2 rings (SSSR count). The third-order valence-corrected chi connectivity index (χ3v) is 3.99. The summed E-state index contributed by atoms with van der Waals surface area (Å²) >= 11 is 0. The largest absolute Gasteiger partial charge is 0.385 e. The van der Waals surface area contributed by atoms with Gasteiger partial charge in [0, 0.05) is 28.9 Å². The molecule has 0 saturated heterocycles. The minimum absolute atomic E-state index is 0.115. The first kappa shape index (κ1) is 15.5. The van der Waals surface area contributed by atoms with Gasteiger partial charge in [-0.1, -0.05) is 51.6 Å². The average molecular weight is 283 g/mol. The molecule has 112 valence electrons. The molecule has 1 fully saturated rings. The number of aliphatic imine (C=N–C) groups is 1. The molecule has 1 aromatic rings. The molecule has 1 aliphatic carbocycles. The lowest BCUT2D eigenvalue weighted by molar-refractivity contribution is 0.558. The maximum absolute atomic E-state index is 7.92. The Morgan fingerprint density at radius 2 is 2.00 bits per heavy atom. The van der Waals surface area contributed by atoms with Gasteiger partial charge >= 0.3 is 0 Å². The van der Waals surface area contributed by atoms with Gasteiger partial charge in [-0.3, -0.25) is 5.41 Å². The summed E-state index contributed by atoms with van der Waals surface area (Å²) < 4.78 is 0. The number of nitrogens with one attached hydrogen (secondary N) is 2. The smallest absolute Gasteiger partial charge is 0.151 e. The van der Waals surface area contributed by atoms with E-state index in [-0.39, 0.29) is 5.41 Å². The molecule has 0 spiro atoms. The third-order valence-electron chi connectivity index (χ3n) is 3.99. The Morgan fingerprint density at radius 3 is 2.52 bits per heavy atom. The van der Waals surface area contributed by atoms with E-state index >= 15 is 0 Å². The second-order valence-electron chi connectivity index (χ2n) is 6.17. The molecule has 0 heterocycles. The molecule has 1 aliphatic rings. The van der Waals surface area contributed by atoms with Crippen molar-refractivity contribution < 1.29 is 0 Å². The van der Waals surface area contributed by atoms with Gasteiger partial charge in [0.15, 0.2) is 5.84 Å². The number of hydrogen-bond donors (Lipinski definition) is 2. The highest BCUT2D eigenvalue weighted by Crippen LogP contribution is 2.32. The maximum atomic E-state index is 7.92. The van der Waals surface area contributed by atoms with Gasteiger partial charge in [-0.05, 0) is 24.8 Å². The fraction of sp³-hybridized carbons (Fsp3) is 0.444. The summed E-state index contributed by atoms with van der Waals surface area (Å²) in [4.78, 5) is 4.12. The Balaban J connectivity index is 2.11. The van der Waals surface area contributed by atoms with E-state index in [1.165, 1.54) is 18.4 Å². The number of nitrogens with zero attached hydrogens (tertiary/aromatic N) is 1. The van der Waals surface area contributed by atoms with Crippen LogP contribution in [0.5, 0.6) is 0 Å². The summed E-state index contributed by atoms with van der Waals surface area (Å²) in [5.74, 6) is 0.316. The van der Waals surface area contributed by atoms with Crippen LogP contribution >= 0.6 is 0 Å². The van der Waals surface area contributed by atoms with Gasteiger partial charge in [0.05, 0.1) is 0 Å². The topological polar surface area (TPSA) is 48.2 Å². The number of rotatable bonds is 6. The molecule has 21 heavy (non-hydrogen) atoms. The van der Waals surface area contributed by atoms with Crippen molar-refractivity contribution in [3.63, 3.8) is 0 Å². The van der Waals surface area contributed by atoms with Crippen molar-refractivity contribution in [1.82, 2.24) is 5.32 Å². The zero-order valence-electron chi connectivity index (χ0n) is 13.2. The second kappa shape index (κ2) is 6.25. The fourth-order valence-corrected chi connectivity index (χ4v) is 2.13. The van der Waals surface area contributed by atoms with Crippen LogP contribution in [0.3, 0.4) is 0 Å². The normalized spacial score (nSPS) is 15.2. The molecule has 0 unspecified atom stereocenters. The van der Waals surface area contributed by atoms with Gasteiger partial charge in [-0.25, -0.2) is 4.99 Å². The number of benzene rings is 1. The van der Waals surface area contributed by atoms with Crippen molar-refractivity contribution in [1.29, 1.82) is 5.41 Å². The molecular formula is C18H25N3. The Bertz CT molecular complexity index is 548. The summed E-state index contributed by atoms with van der Waals surface area (Å²) in [6.07, 6.45) is 5.11. The van der Waals surface area contributed by atoms with Crippen molar-refractivity contribution in [2.45, 2.75) is 51.5 Å². The van der Waals surface area contributed by atoms with Crippen molar-refractivity contribution in [3.05, 3.63) is 47.7 Å². The van der Waals surface area contributed by atoms with Crippen LogP contribution in [0.2, 0.25) is 0 Å². The van der Waals surface area contributed by atoms with E-state index in [4.69, 9.17) is 5.41 Å². The van der Waals surface area contributed by atoms with E-state index in [1.54, 1.807) is 6.21 Å². The zero-order valence-corrected chi connectivity index (χ0v) is 13.2. The SMILES string of the molecule is C=C(NC1CC1)C(C)(C)c1ccc(C(=N)/N=C\CC)cc1. The summed E-state index contributed by atoms with van der Waals surface area (Å²) in [6.45, 7) is 10.6. The Morgan fingerprint density at radius 1 is 1.38 bits per heavy atom. The standard InChI is InChI=1S/C18H25N3/c1-5-12-20-17(19)14-6-8-15(9-7-14)18(3,4)13(2)21-16-10-11-16/h6-9,12,16,19,21H,2,5,10-11H2,1,3-4H3/b19-17?,20-12-. The molecule has 0 radical (unpaired) electrons. The lowest BCUT2D eigenvalue weighted by Crippen LogP contribution is -2.31. The summed E-state index contributed by atoms with van der Waals surface area (Å²) in [7, 11) is 0. The molecule has 0 aliphatic heterocycles. The second-order valence-corrected chi connectivity index (χ2v) is 6.17. The highest BCUT2D eigenvalue weighted by Gasteiger charge is 2.29. The van der Waals surface area contributed by atoms with Crippen LogP contribution in [0.4, 0.5) is 0 Å². The van der Waals surface area contributed by atoms with Gasteiger partial charge < -0.3 is 5.32 Å². The zero-order chi connectivity index (χ0) is 15.5. The lowest BCUT2D eigenvalue weighted by Gasteiger charge is -2.29. The highest BCUT2D eigenvalue weighted by molar-refractivity contribution is 6.00. The summed E-state index contributed by atoms with van der Waals surface area (Å²) in [5, 5.41) is 11.4. The Labute approximate surface area is 127 Å². The first-order chi connectivity index (χ1) is 9.95. The van der Waals surface area contributed by atoms with Crippen molar-refractivity contribution in [3.8, 4) is 0 Å². The lowest BCUT2D eigenvalue weighted by atomic mass is 9.81. The van der Waals surface area contributed by atoms with Crippen LogP contribution in [-0.2, 0) is 5.41 Å². The molecule has 3 nitrogen and oxygen atoms in total. The Kier molecular flexibility index (Phi) is 4.61. The number of amidine groups is 1. The molecule has 0 aromatic heterocycles. The molecule has 0 atom stereocenters. The van der Waals surface area contributed by atoms with Gasteiger partial charge in [0.2, 0.25) is 0 Å². The number of allylic oxidation sites excluding steroid dienone is 1. The van der Waals surface area contributed by atoms with E-state index in [0.717, 1.165) is 17.7 Å². The van der Waals surface area contributed by atoms with E-state index < -0.39 is 0 Å². The quantitative estimate of drug-likeness (QED) is 0.601. The molecule has 0 bridgehead atoms. The van der Waals surface area contributed by atoms with Crippen LogP contribution < -0.4 is 5.32 Å². The van der Waals surface area contributed by atoms with Crippen LogP contribution in [0.15, 0.2) is 41.5 Å². The van der Waals surface area contributed by atoms with Crippen molar-refractivity contribution in [2.24, 2.45) is 4.99 Å². The summed E-state index contributed by atoms with van der Waals surface area (Å²) in [6, 6.07) is 8.71. The highest BCUT2D eigenvalue weighted by atomic mass is 15.0.